The Morgan fingerprint density at radius 3 is 2.62 bits per heavy atom. The smallest absolute Gasteiger partial charge is 0.194 e. The van der Waals surface area contributed by atoms with Crippen molar-refractivity contribution in [1.82, 2.24) is 9.38 Å². The molecule has 2 N–H and O–H groups in total. The third-order valence-corrected chi connectivity index (χ3v) is 6.80. The molecule has 1 unspecified atom stereocenters. The zero-order chi connectivity index (χ0) is 18.5. The maximum atomic E-state index is 6.16. The summed E-state index contributed by atoms with van der Waals surface area (Å²) in [6.07, 6.45) is 3.51. The normalized spacial score (nSPS) is 17.5. The van der Waals surface area contributed by atoms with Crippen molar-refractivity contribution in [2.45, 2.75) is 46.6 Å². The van der Waals surface area contributed by atoms with Gasteiger partial charge in [0, 0.05) is 22.7 Å². The van der Waals surface area contributed by atoms with Crippen LogP contribution < -0.4 is 10.5 Å². The molecule has 0 bridgehead atoms. The van der Waals surface area contributed by atoms with Crippen LogP contribution in [0.3, 0.4) is 0 Å². The van der Waals surface area contributed by atoms with Crippen molar-refractivity contribution in [2.75, 3.05) is 7.11 Å². The largest absolute Gasteiger partial charge is 0.497 e. The van der Waals surface area contributed by atoms with Crippen molar-refractivity contribution in [3.8, 4) is 17.0 Å². The maximum absolute atomic E-state index is 6.16. The molecule has 0 amide bonds. The Kier molecular flexibility index (Phi) is 4.32. The number of fused-ring (bicyclic) bond motifs is 3. The summed E-state index contributed by atoms with van der Waals surface area (Å²) in [4.78, 5) is 7.54. The SMILES string of the molecule is COc1ccc(-c2nc3sc4c(n3c2CN)CCC(C(C)(C)C)C4)cc1. The molecule has 0 radical (unpaired) electrons. The average Bonchev–Trinajstić information content (AvgIpc) is 3.15. The molecular weight excluding hydrogens is 342 g/mol. The molecule has 1 aliphatic carbocycles. The molecule has 0 aliphatic heterocycles. The second-order valence-corrected chi connectivity index (χ2v) is 9.30. The summed E-state index contributed by atoms with van der Waals surface area (Å²) in [5.41, 5.74) is 11.2. The average molecular weight is 370 g/mol. The van der Waals surface area contributed by atoms with Crippen molar-refractivity contribution in [1.29, 1.82) is 0 Å². The quantitative estimate of drug-likeness (QED) is 0.729. The Bertz CT molecular complexity index is 931. The molecule has 0 saturated carbocycles. The fourth-order valence-electron chi connectivity index (χ4n) is 4.03. The van der Waals surface area contributed by atoms with Gasteiger partial charge in [-0.15, -0.1) is 11.3 Å². The highest BCUT2D eigenvalue weighted by Gasteiger charge is 2.32. The Morgan fingerprint density at radius 1 is 1.27 bits per heavy atom. The van der Waals surface area contributed by atoms with Gasteiger partial charge in [-0.25, -0.2) is 4.98 Å². The van der Waals surface area contributed by atoms with E-state index in [9.17, 15) is 0 Å². The van der Waals surface area contributed by atoms with Crippen molar-refractivity contribution in [2.24, 2.45) is 17.1 Å². The number of aryl methyl sites for hydroxylation is 1. The van der Waals surface area contributed by atoms with Crippen LogP contribution in [0.1, 0.15) is 43.5 Å². The minimum absolute atomic E-state index is 0.356. The van der Waals surface area contributed by atoms with Crippen LogP contribution in [0.2, 0.25) is 0 Å². The number of methoxy groups -OCH3 is 1. The molecular formula is C21H27N3OS. The molecule has 1 aromatic carbocycles. The van der Waals surface area contributed by atoms with Gasteiger partial charge in [-0.2, -0.15) is 0 Å². The monoisotopic (exact) mass is 369 g/mol. The highest BCUT2D eigenvalue weighted by Crippen LogP contribution is 2.41. The van der Waals surface area contributed by atoms with E-state index < -0.39 is 0 Å². The molecule has 3 aromatic rings. The Balaban J connectivity index is 1.78. The van der Waals surface area contributed by atoms with Gasteiger partial charge in [-0.05, 0) is 54.9 Å². The summed E-state index contributed by atoms with van der Waals surface area (Å²) < 4.78 is 7.60. The summed E-state index contributed by atoms with van der Waals surface area (Å²) in [5, 5.41) is 0. The number of nitrogens with zero attached hydrogens (tertiary/aromatic N) is 2. The zero-order valence-electron chi connectivity index (χ0n) is 16.0. The number of rotatable bonds is 3. The van der Waals surface area contributed by atoms with Crippen LogP contribution >= 0.6 is 11.3 Å². The number of imidazole rings is 1. The van der Waals surface area contributed by atoms with E-state index >= 15 is 0 Å². The van der Waals surface area contributed by atoms with Crippen molar-refractivity contribution in [3.05, 3.63) is 40.5 Å². The van der Waals surface area contributed by atoms with E-state index in [-0.39, 0.29) is 0 Å². The first-order valence-corrected chi connectivity index (χ1v) is 10.1. The molecule has 1 aliphatic rings. The van der Waals surface area contributed by atoms with Crippen LogP contribution in [0.15, 0.2) is 24.3 Å². The molecule has 5 heteroatoms. The highest BCUT2D eigenvalue weighted by atomic mass is 32.1. The Hall–Kier alpha value is -1.85. The predicted molar refractivity (Wildman–Crippen MR) is 108 cm³/mol. The summed E-state index contributed by atoms with van der Waals surface area (Å²) in [6, 6.07) is 8.08. The van der Waals surface area contributed by atoms with E-state index in [0.29, 0.717) is 12.0 Å². The predicted octanol–water partition coefficient (Wildman–Crippen LogP) is 4.68. The van der Waals surface area contributed by atoms with Gasteiger partial charge < -0.3 is 10.5 Å². The third-order valence-electron chi connectivity index (χ3n) is 5.69. The van der Waals surface area contributed by atoms with Crippen molar-refractivity contribution >= 4 is 16.3 Å². The van der Waals surface area contributed by atoms with Gasteiger partial charge in [0.2, 0.25) is 0 Å². The number of ether oxygens (including phenoxy) is 1. The number of hydrogen-bond acceptors (Lipinski definition) is 4. The molecule has 4 rings (SSSR count). The number of nitrogens with two attached hydrogens (primary N) is 1. The number of benzene rings is 1. The first-order valence-electron chi connectivity index (χ1n) is 9.28. The lowest BCUT2D eigenvalue weighted by atomic mass is 9.73. The van der Waals surface area contributed by atoms with Crippen LogP contribution in [0.25, 0.3) is 16.2 Å². The van der Waals surface area contributed by atoms with Crippen LogP contribution in [0.4, 0.5) is 0 Å². The number of aromatic nitrogens is 2. The molecule has 26 heavy (non-hydrogen) atoms. The standard InChI is InChI=1S/C21H27N3OS/c1-21(2,3)14-7-10-16-18(11-14)26-20-23-19(17(12-22)24(16)20)13-5-8-15(25-4)9-6-13/h5-6,8-9,14H,7,10-12,22H2,1-4H3. The van der Waals surface area contributed by atoms with Gasteiger partial charge >= 0.3 is 0 Å². The van der Waals surface area contributed by atoms with E-state index in [1.54, 1.807) is 7.11 Å². The first kappa shape index (κ1) is 17.6. The summed E-state index contributed by atoms with van der Waals surface area (Å²) in [7, 11) is 1.68. The third kappa shape index (κ3) is 2.83. The van der Waals surface area contributed by atoms with E-state index in [1.807, 2.05) is 23.5 Å². The van der Waals surface area contributed by atoms with E-state index in [0.717, 1.165) is 46.4 Å². The molecule has 0 saturated heterocycles. The van der Waals surface area contributed by atoms with Crippen molar-refractivity contribution in [3.63, 3.8) is 0 Å². The topological polar surface area (TPSA) is 52.5 Å². The Morgan fingerprint density at radius 2 is 2.00 bits per heavy atom. The minimum Gasteiger partial charge on any atom is -0.497 e. The maximum Gasteiger partial charge on any atom is 0.194 e. The summed E-state index contributed by atoms with van der Waals surface area (Å²) >= 11 is 1.84. The molecule has 1 atom stereocenters. The van der Waals surface area contributed by atoms with Gasteiger partial charge in [0.1, 0.15) is 5.75 Å². The van der Waals surface area contributed by atoms with Gasteiger partial charge in [-0.1, -0.05) is 20.8 Å². The highest BCUT2D eigenvalue weighted by molar-refractivity contribution is 7.17. The van der Waals surface area contributed by atoms with Crippen LogP contribution in [0.5, 0.6) is 5.75 Å². The minimum atomic E-state index is 0.356. The first-order chi connectivity index (χ1) is 12.4. The molecule has 4 nitrogen and oxygen atoms in total. The summed E-state index contributed by atoms with van der Waals surface area (Å²) in [6.45, 7) is 7.56. The Labute approximate surface area is 159 Å². The molecule has 0 fully saturated rings. The molecule has 0 spiro atoms. The second kappa shape index (κ2) is 6.39. The fourth-order valence-corrected chi connectivity index (χ4v) is 5.29. The van der Waals surface area contributed by atoms with Crippen LogP contribution in [-0.2, 0) is 19.4 Å². The lowest BCUT2D eigenvalue weighted by molar-refractivity contribution is 0.216. The van der Waals surface area contributed by atoms with E-state index in [2.05, 4.69) is 37.3 Å². The second-order valence-electron chi connectivity index (χ2n) is 8.24. The van der Waals surface area contributed by atoms with Gasteiger partial charge in [0.05, 0.1) is 18.5 Å². The lowest BCUT2D eigenvalue weighted by Crippen LogP contribution is -2.26. The van der Waals surface area contributed by atoms with Crippen LogP contribution in [-0.4, -0.2) is 16.5 Å². The van der Waals surface area contributed by atoms with Crippen molar-refractivity contribution < 1.29 is 4.74 Å². The zero-order valence-corrected chi connectivity index (χ0v) is 16.8. The van der Waals surface area contributed by atoms with Gasteiger partial charge in [-0.3, -0.25) is 4.40 Å². The van der Waals surface area contributed by atoms with E-state index in [1.165, 1.54) is 17.0 Å². The number of thiazole rings is 1. The van der Waals surface area contributed by atoms with Crippen LogP contribution in [0, 0.1) is 11.3 Å². The molecule has 2 heterocycles. The van der Waals surface area contributed by atoms with Gasteiger partial charge in [0.15, 0.2) is 4.96 Å². The van der Waals surface area contributed by atoms with E-state index in [4.69, 9.17) is 15.5 Å². The number of hydrogen-bond donors (Lipinski definition) is 1. The summed E-state index contributed by atoms with van der Waals surface area (Å²) in [5.74, 6) is 1.59. The molecule has 2 aromatic heterocycles. The fraction of sp³-hybridized carbons (Fsp3) is 0.476. The molecule has 138 valence electrons. The lowest BCUT2D eigenvalue weighted by Gasteiger charge is -2.33. The van der Waals surface area contributed by atoms with Gasteiger partial charge in [0.25, 0.3) is 0 Å².